The van der Waals surface area contributed by atoms with E-state index in [-0.39, 0.29) is 0 Å². The van der Waals surface area contributed by atoms with Gasteiger partial charge in [0.1, 0.15) is 5.82 Å². The highest BCUT2D eigenvalue weighted by molar-refractivity contribution is 9.10. The monoisotopic (exact) mass is 321 g/mol. The van der Waals surface area contributed by atoms with Crippen LogP contribution >= 0.6 is 15.9 Å². The van der Waals surface area contributed by atoms with E-state index < -0.39 is 0 Å². The summed E-state index contributed by atoms with van der Waals surface area (Å²) in [5, 5.41) is 3.26. The van der Waals surface area contributed by atoms with Gasteiger partial charge in [-0.15, -0.1) is 0 Å². The number of aryl methyl sites for hydroxylation is 1. The predicted molar refractivity (Wildman–Crippen MR) is 82.0 cm³/mol. The maximum Gasteiger partial charge on any atom is 0.239 e. The largest absolute Gasteiger partial charge is 0.476 e. The molecule has 0 saturated carbocycles. The van der Waals surface area contributed by atoms with Crippen molar-refractivity contribution in [3.05, 3.63) is 40.4 Å². The summed E-state index contributed by atoms with van der Waals surface area (Å²) in [4.78, 5) is 4.35. The fourth-order valence-electron chi connectivity index (χ4n) is 1.64. The third kappa shape index (κ3) is 3.38. The Morgan fingerprint density at radius 3 is 2.84 bits per heavy atom. The molecule has 5 heteroatoms. The maximum atomic E-state index is 5.80. The van der Waals surface area contributed by atoms with Crippen molar-refractivity contribution >= 4 is 33.1 Å². The minimum Gasteiger partial charge on any atom is -0.476 e. The number of nitrogen functional groups attached to an aromatic ring is 1. The van der Waals surface area contributed by atoms with Crippen LogP contribution in [-0.2, 0) is 0 Å². The number of aromatic nitrogens is 1. The number of pyridine rings is 1. The molecule has 1 heterocycles. The zero-order valence-corrected chi connectivity index (χ0v) is 12.5. The maximum absolute atomic E-state index is 5.80. The van der Waals surface area contributed by atoms with E-state index >= 15 is 0 Å². The first kappa shape index (κ1) is 13.7. The molecule has 0 unspecified atom stereocenters. The Kier molecular flexibility index (Phi) is 4.27. The number of nitrogens with one attached hydrogen (secondary N) is 1. The summed E-state index contributed by atoms with van der Waals surface area (Å²) in [6, 6.07) is 9.66. The first-order chi connectivity index (χ1) is 9.10. The molecule has 0 atom stereocenters. The topological polar surface area (TPSA) is 60.2 Å². The van der Waals surface area contributed by atoms with Crippen molar-refractivity contribution in [2.24, 2.45) is 0 Å². The Labute approximate surface area is 121 Å². The van der Waals surface area contributed by atoms with E-state index in [4.69, 9.17) is 10.5 Å². The number of benzene rings is 1. The van der Waals surface area contributed by atoms with Gasteiger partial charge in [-0.2, -0.15) is 4.98 Å². The Balaban J connectivity index is 2.28. The van der Waals surface area contributed by atoms with Crippen LogP contribution in [0.15, 0.2) is 34.8 Å². The first-order valence-corrected chi connectivity index (χ1v) is 6.82. The van der Waals surface area contributed by atoms with Crippen molar-refractivity contribution in [2.75, 3.05) is 17.7 Å². The zero-order valence-electron chi connectivity index (χ0n) is 10.9. The number of hydrogen-bond acceptors (Lipinski definition) is 4. The average molecular weight is 322 g/mol. The van der Waals surface area contributed by atoms with Gasteiger partial charge in [-0.3, -0.25) is 0 Å². The van der Waals surface area contributed by atoms with E-state index in [1.54, 1.807) is 6.07 Å². The van der Waals surface area contributed by atoms with Gasteiger partial charge in [0.15, 0.2) is 0 Å². The van der Waals surface area contributed by atoms with Gasteiger partial charge in [0.2, 0.25) is 5.88 Å². The van der Waals surface area contributed by atoms with Crippen LogP contribution in [0.4, 0.5) is 17.2 Å². The van der Waals surface area contributed by atoms with Gasteiger partial charge >= 0.3 is 0 Å². The number of anilines is 3. The number of halogens is 1. The van der Waals surface area contributed by atoms with Gasteiger partial charge in [0.25, 0.3) is 0 Å². The molecule has 0 spiro atoms. The van der Waals surface area contributed by atoms with Gasteiger partial charge in [-0.1, -0.05) is 22.0 Å². The van der Waals surface area contributed by atoms with Crippen LogP contribution in [0.5, 0.6) is 5.88 Å². The van der Waals surface area contributed by atoms with Gasteiger partial charge in [0.05, 0.1) is 12.3 Å². The Morgan fingerprint density at radius 1 is 1.32 bits per heavy atom. The van der Waals surface area contributed by atoms with Crippen LogP contribution in [0.3, 0.4) is 0 Å². The lowest BCUT2D eigenvalue weighted by Crippen LogP contribution is -2.02. The molecule has 19 heavy (non-hydrogen) atoms. The minimum absolute atomic E-state index is 0.458. The van der Waals surface area contributed by atoms with Crippen molar-refractivity contribution in [1.29, 1.82) is 0 Å². The highest BCUT2D eigenvalue weighted by atomic mass is 79.9. The van der Waals surface area contributed by atoms with E-state index in [1.165, 1.54) is 0 Å². The highest BCUT2D eigenvalue weighted by Gasteiger charge is 2.05. The molecule has 0 aliphatic carbocycles. The molecular weight excluding hydrogens is 306 g/mol. The lowest BCUT2D eigenvalue weighted by Gasteiger charge is -2.11. The molecule has 4 nitrogen and oxygen atoms in total. The normalized spacial score (nSPS) is 10.3. The summed E-state index contributed by atoms with van der Waals surface area (Å²) in [5.41, 5.74) is 8.47. The number of nitrogens with zero attached hydrogens (tertiary/aromatic N) is 1. The second kappa shape index (κ2) is 5.93. The molecular formula is C14H16BrN3O. The molecule has 0 aliphatic heterocycles. The molecule has 1 aromatic carbocycles. The molecule has 0 radical (unpaired) electrons. The Bertz CT molecular complexity index is 587. The standard InChI is InChI=1S/C14H16BrN3O/c1-3-19-14-11(16)6-7-13(18-14)17-12-8-10(15)5-4-9(12)2/h4-8H,3,16H2,1-2H3,(H,17,18). The van der Waals surface area contributed by atoms with E-state index in [1.807, 2.05) is 38.1 Å². The molecule has 0 bridgehead atoms. The van der Waals surface area contributed by atoms with Crippen LogP contribution in [0.2, 0.25) is 0 Å². The number of hydrogen-bond donors (Lipinski definition) is 2. The molecule has 2 rings (SSSR count). The minimum atomic E-state index is 0.458. The van der Waals surface area contributed by atoms with E-state index in [0.717, 1.165) is 15.7 Å². The van der Waals surface area contributed by atoms with E-state index in [0.29, 0.717) is 24.0 Å². The van der Waals surface area contributed by atoms with Crippen molar-refractivity contribution in [2.45, 2.75) is 13.8 Å². The van der Waals surface area contributed by atoms with Gasteiger partial charge in [0, 0.05) is 10.2 Å². The molecule has 0 saturated heterocycles. The summed E-state index contributed by atoms with van der Waals surface area (Å²) < 4.78 is 6.40. The molecule has 0 amide bonds. The Hall–Kier alpha value is -1.75. The van der Waals surface area contributed by atoms with Crippen LogP contribution < -0.4 is 15.8 Å². The smallest absolute Gasteiger partial charge is 0.239 e. The predicted octanol–water partition coefficient (Wildman–Crippen LogP) is 3.88. The van der Waals surface area contributed by atoms with Gasteiger partial charge in [-0.25, -0.2) is 0 Å². The fourth-order valence-corrected chi connectivity index (χ4v) is 2.00. The van der Waals surface area contributed by atoms with Crippen molar-refractivity contribution < 1.29 is 4.74 Å². The van der Waals surface area contributed by atoms with E-state index in [2.05, 4.69) is 26.2 Å². The van der Waals surface area contributed by atoms with Gasteiger partial charge in [-0.05, 0) is 43.7 Å². The Morgan fingerprint density at radius 2 is 2.11 bits per heavy atom. The van der Waals surface area contributed by atoms with Crippen molar-refractivity contribution in [3.8, 4) is 5.88 Å². The summed E-state index contributed by atoms with van der Waals surface area (Å²) in [7, 11) is 0. The number of rotatable bonds is 4. The molecule has 2 aromatic rings. The van der Waals surface area contributed by atoms with Crippen LogP contribution in [0, 0.1) is 6.92 Å². The quantitative estimate of drug-likeness (QED) is 0.897. The fraction of sp³-hybridized carbons (Fsp3) is 0.214. The second-order valence-corrected chi connectivity index (χ2v) is 5.02. The first-order valence-electron chi connectivity index (χ1n) is 6.02. The third-order valence-corrected chi connectivity index (χ3v) is 3.13. The molecule has 100 valence electrons. The summed E-state index contributed by atoms with van der Waals surface area (Å²) in [5.74, 6) is 1.17. The average Bonchev–Trinajstić information content (AvgIpc) is 2.38. The van der Waals surface area contributed by atoms with Crippen molar-refractivity contribution in [1.82, 2.24) is 4.98 Å². The molecule has 1 aromatic heterocycles. The number of ether oxygens (including phenoxy) is 1. The third-order valence-electron chi connectivity index (χ3n) is 2.63. The van der Waals surface area contributed by atoms with Crippen molar-refractivity contribution in [3.63, 3.8) is 0 Å². The van der Waals surface area contributed by atoms with E-state index in [9.17, 15) is 0 Å². The molecule has 0 fully saturated rings. The summed E-state index contributed by atoms with van der Waals surface area (Å²) in [6.45, 7) is 4.48. The SMILES string of the molecule is CCOc1nc(Nc2cc(Br)ccc2C)ccc1N. The second-order valence-electron chi connectivity index (χ2n) is 4.11. The zero-order chi connectivity index (χ0) is 13.8. The lowest BCUT2D eigenvalue weighted by molar-refractivity contribution is 0.329. The van der Waals surface area contributed by atoms with Crippen LogP contribution in [0.1, 0.15) is 12.5 Å². The highest BCUT2D eigenvalue weighted by Crippen LogP contribution is 2.26. The van der Waals surface area contributed by atoms with Crippen LogP contribution in [0.25, 0.3) is 0 Å². The summed E-state index contributed by atoms with van der Waals surface area (Å²) >= 11 is 3.46. The van der Waals surface area contributed by atoms with Gasteiger partial charge < -0.3 is 15.8 Å². The molecule has 0 aliphatic rings. The molecule has 3 N–H and O–H groups in total. The number of nitrogens with two attached hydrogens (primary N) is 1. The summed E-state index contributed by atoms with van der Waals surface area (Å²) in [6.07, 6.45) is 0. The van der Waals surface area contributed by atoms with Crippen LogP contribution in [-0.4, -0.2) is 11.6 Å². The lowest BCUT2D eigenvalue weighted by atomic mass is 10.2.